The summed E-state index contributed by atoms with van der Waals surface area (Å²) in [5, 5.41) is -4.48. The number of esters is 1. The Balaban J connectivity index is 1.86. The first-order chi connectivity index (χ1) is 8.05. The van der Waals surface area contributed by atoms with E-state index in [0.717, 1.165) is 0 Å². The summed E-state index contributed by atoms with van der Waals surface area (Å²) in [5.41, 5.74) is -0.380. The highest BCUT2D eigenvalue weighted by Gasteiger charge is 2.61. The van der Waals surface area contributed by atoms with Gasteiger partial charge in [-0.2, -0.15) is 17.2 Å². The molecule has 18 heavy (non-hydrogen) atoms. The van der Waals surface area contributed by atoms with Gasteiger partial charge in [-0.25, -0.2) is 0 Å². The third kappa shape index (κ3) is 2.34. The molecule has 0 spiro atoms. The van der Waals surface area contributed by atoms with Gasteiger partial charge in [0.1, 0.15) is 0 Å². The highest BCUT2D eigenvalue weighted by molar-refractivity contribution is 7.86. The van der Waals surface area contributed by atoms with E-state index >= 15 is 0 Å². The fourth-order valence-corrected chi connectivity index (χ4v) is 2.33. The molecule has 1 saturated carbocycles. The Morgan fingerprint density at radius 2 is 2.22 bits per heavy atom. The zero-order valence-corrected chi connectivity index (χ0v) is 10.2. The van der Waals surface area contributed by atoms with E-state index in [1.54, 1.807) is 6.92 Å². The van der Waals surface area contributed by atoms with Crippen LogP contribution in [0.25, 0.3) is 0 Å². The lowest BCUT2D eigenvalue weighted by Crippen LogP contribution is -2.35. The van der Waals surface area contributed by atoms with Gasteiger partial charge in [-0.3, -0.25) is 9.35 Å². The molecule has 3 atom stereocenters. The monoisotopic (exact) mass is 286 g/mol. The van der Waals surface area contributed by atoms with Crippen molar-refractivity contribution in [3.63, 3.8) is 0 Å². The van der Waals surface area contributed by atoms with Crippen molar-refractivity contribution in [1.82, 2.24) is 0 Å². The van der Waals surface area contributed by atoms with Crippen LogP contribution < -0.4 is 0 Å². The van der Waals surface area contributed by atoms with Crippen molar-refractivity contribution in [2.45, 2.75) is 36.7 Å². The fourth-order valence-electron chi connectivity index (χ4n) is 2.13. The summed E-state index contributed by atoms with van der Waals surface area (Å²) in [7, 11) is -5.57. The second-order valence-corrected chi connectivity index (χ2v) is 6.32. The normalized spacial score (nSPS) is 35.1. The average molecular weight is 286 g/mol. The minimum atomic E-state index is -5.57. The van der Waals surface area contributed by atoms with Gasteiger partial charge >= 0.3 is 21.3 Å². The average Bonchev–Trinajstić information content (AvgIpc) is 2.72. The van der Waals surface area contributed by atoms with E-state index in [0.29, 0.717) is 12.8 Å². The largest absolute Gasteiger partial charge is 0.458 e. The van der Waals surface area contributed by atoms with Crippen molar-refractivity contribution in [3.05, 3.63) is 0 Å². The number of epoxide rings is 1. The number of hydrogen-bond donors (Lipinski definition) is 1. The van der Waals surface area contributed by atoms with Crippen LogP contribution in [0.1, 0.15) is 19.8 Å². The lowest BCUT2D eigenvalue weighted by atomic mass is 10.1. The quantitative estimate of drug-likeness (QED) is 0.461. The van der Waals surface area contributed by atoms with Gasteiger partial charge in [-0.1, -0.05) is 0 Å². The first-order valence-electron chi connectivity index (χ1n) is 5.24. The van der Waals surface area contributed by atoms with Crippen LogP contribution in [-0.4, -0.2) is 42.5 Å². The Bertz CT molecular complexity index is 475. The molecule has 2 aliphatic rings. The molecule has 0 bridgehead atoms. The van der Waals surface area contributed by atoms with Crippen LogP contribution >= 0.6 is 0 Å². The number of fused-ring (bicyclic) bond motifs is 1. The smallest absolute Gasteiger partial charge is 0.402 e. The molecule has 1 saturated heterocycles. The molecule has 2 fully saturated rings. The number of hydrogen-bond acceptors (Lipinski definition) is 5. The molecular weight excluding hydrogens is 274 g/mol. The molecule has 1 aliphatic carbocycles. The number of halogens is 2. The van der Waals surface area contributed by atoms with Crippen LogP contribution in [0.4, 0.5) is 8.78 Å². The van der Waals surface area contributed by atoms with Gasteiger partial charge in [0, 0.05) is 0 Å². The van der Waals surface area contributed by atoms with Gasteiger partial charge in [0.15, 0.2) is 6.61 Å². The van der Waals surface area contributed by atoms with Gasteiger partial charge in [0.05, 0.1) is 17.6 Å². The van der Waals surface area contributed by atoms with Crippen molar-refractivity contribution < 1.29 is 36.0 Å². The van der Waals surface area contributed by atoms with Gasteiger partial charge in [0.25, 0.3) is 0 Å². The molecule has 0 radical (unpaired) electrons. The molecule has 9 heteroatoms. The van der Waals surface area contributed by atoms with E-state index in [1.807, 2.05) is 0 Å². The second-order valence-electron chi connectivity index (χ2n) is 4.78. The SMILES string of the molecule is CC12CC(C(=O)OCC(F)(F)S(=O)(=O)O)CC1O2. The zero-order valence-electron chi connectivity index (χ0n) is 9.43. The first-order valence-corrected chi connectivity index (χ1v) is 6.68. The maximum absolute atomic E-state index is 12.8. The summed E-state index contributed by atoms with van der Waals surface area (Å²) < 4.78 is 63.9. The summed E-state index contributed by atoms with van der Waals surface area (Å²) in [6.07, 6.45) is 0.693. The van der Waals surface area contributed by atoms with Gasteiger partial charge in [-0.05, 0) is 19.8 Å². The van der Waals surface area contributed by atoms with E-state index in [9.17, 15) is 22.0 Å². The number of carbonyl (C=O) groups excluding carboxylic acids is 1. The Hall–Kier alpha value is -0.800. The molecule has 0 aromatic heterocycles. The molecule has 1 heterocycles. The van der Waals surface area contributed by atoms with Gasteiger partial charge in [-0.15, -0.1) is 0 Å². The summed E-state index contributed by atoms with van der Waals surface area (Å²) in [4.78, 5) is 11.4. The van der Waals surface area contributed by atoms with E-state index in [-0.39, 0.29) is 11.7 Å². The number of ether oxygens (including phenoxy) is 2. The summed E-state index contributed by atoms with van der Waals surface area (Å²) in [6.45, 7) is 0.126. The summed E-state index contributed by atoms with van der Waals surface area (Å²) in [6, 6.07) is 0. The van der Waals surface area contributed by atoms with Gasteiger partial charge in [0.2, 0.25) is 0 Å². The van der Waals surface area contributed by atoms with E-state index in [2.05, 4.69) is 4.74 Å². The number of carbonyl (C=O) groups is 1. The van der Waals surface area contributed by atoms with E-state index < -0.39 is 33.9 Å². The van der Waals surface area contributed by atoms with Crippen LogP contribution in [0.15, 0.2) is 0 Å². The lowest BCUT2D eigenvalue weighted by molar-refractivity contribution is -0.155. The maximum Gasteiger partial charge on any atom is 0.402 e. The van der Waals surface area contributed by atoms with Crippen molar-refractivity contribution in [3.8, 4) is 0 Å². The first kappa shape index (κ1) is 13.6. The minimum absolute atomic E-state index is 0.0582. The molecule has 6 nitrogen and oxygen atoms in total. The van der Waals surface area contributed by atoms with Crippen molar-refractivity contribution in [2.24, 2.45) is 5.92 Å². The molecule has 3 unspecified atom stereocenters. The predicted molar refractivity (Wildman–Crippen MR) is 53.5 cm³/mol. The van der Waals surface area contributed by atoms with Gasteiger partial charge < -0.3 is 9.47 Å². The Kier molecular flexibility index (Phi) is 2.91. The third-order valence-electron chi connectivity index (χ3n) is 3.28. The van der Waals surface area contributed by atoms with Crippen molar-refractivity contribution in [2.75, 3.05) is 6.61 Å². The highest BCUT2D eigenvalue weighted by atomic mass is 32.2. The number of alkyl halides is 2. The third-order valence-corrected chi connectivity index (χ3v) is 4.15. The fraction of sp³-hybridized carbons (Fsp3) is 0.889. The van der Waals surface area contributed by atoms with Crippen LogP contribution in [0.3, 0.4) is 0 Å². The van der Waals surface area contributed by atoms with Crippen LogP contribution in [0.2, 0.25) is 0 Å². The Morgan fingerprint density at radius 1 is 1.61 bits per heavy atom. The van der Waals surface area contributed by atoms with Crippen molar-refractivity contribution >= 4 is 16.1 Å². The summed E-state index contributed by atoms with van der Waals surface area (Å²) in [5.74, 6) is -1.46. The van der Waals surface area contributed by atoms with Crippen LogP contribution in [0, 0.1) is 5.92 Å². The molecule has 1 N–H and O–H groups in total. The minimum Gasteiger partial charge on any atom is -0.458 e. The molecular formula is C9H12F2O6S. The van der Waals surface area contributed by atoms with Crippen molar-refractivity contribution in [1.29, 1.82) is 0 Å². The standard InChI is InChI=1S/C9H12F2O6S/c1-8-3-5(2-6(8)17-8)7(12)16-4-9(10,11)18(13,14)15/h5-6H,2-4H2,1H3,(H,13,14,15). The zero-order chi connectivity index (χ0) is 13.8. The predicted octanol–water partition coefficient (Wildman–Crippen LogP) is 0.578. The van der Waals surface area contributed by atoms with Crippen LogP contribution in [-0.2, 0) is 24.4 Å². The highest BCUT2D eigenvalue weighted by Crippen LogP contribution is 2.52. The topological polar surface area (TPSA) is 93.2 Å². The van der Waals surface area contributed by atoms with E-state index in [1.165, 1.54) is 0 Å². The summed E-state index contributed by atoms with van der Waals surface area (Å²) >= 11 is 0. The second kappa shape index (κ2) is 3.84. The molecule has 0 aromatic rings. The molecule has 0 amide bonds. The molecule has 1 aliphatic heterocycles. The molecule has 104 valence electrons. The lowest BCUT2D eigenvalue weighted by Gasteiger charge is -2.16. The van der Waals surface area contributed by atoms with Crippen LogP contribution in [0.5, 0.6) is 0 Å². The Morgan fingerprint density at radius 3 is 2.67 bits per heavy atom. The number of rotatable bonds is 4. The van der Waals surface area contributed by atoms with E-state index in [4.69, 9.17) is 9.29 Å². The maximum atomic E-state index is 12.8. The molecule has 2 rings (SSSR count). The Labute approximate surface area is 102 Å². The molecule has 0 aromatic carbocycles.